The summed E-state index contributed by atoms with van der Waals surface area (Å²) in [5, 5.41) is 13.6. The fourth-order valence-electron chi connectivity index (χ4n) is 5.84. The molecule has 0 aromatic heterocycles. The van der Waals surface area contributed by atoms with Gasteiger partial charge in [0.1, 0.15) is 11.5 Å². The maximum Gasteiger partial charge on any atom is 0.254 e. The second-order valence-electron chi connectivity index (χ2n) is 10.4. The number of amides is 1. The Labute approximate surface area is 206 Å². The van der Waals surface area contributed by atoms with Crippen LogP contribution in [-0.2, 0) is 12.8 Å². The van der Waals surface area contributed by atoms with Crippen LogP contribution in [0.15, 0.2) is 72.8 Å². The van der Waals surface area contributed by atoms with Crippen molar-refractivity contribution in [2.75, 3.05) is 19.7 Å². The van der Waals surface area contributed by atoms with E-state index in [2.05, 4.69) is 34.5 Å². The van der Waals surface area contributed by atoms with Crippen molar-refractivity contribution in [1.29, 1.82) is 0 Å². The fraction of sp³-hybridized carbons (Fsp3) is 0.367. The van der Waals surface area contributed by atoms with Gasteiger partial charge in [-0.25, -0.2) is 0 Å². The second-order valence-corrected chi connectivity index (χ2v) is 10.4. The molecule has 0 radical (unpaired) electrons. The van der Waals surface area contributed by atoms with Gasteiger partial charge in [-0.1, -0.05) is 36.4 Å². The molecule has 1 aliphatic carbocycles. The predicted octanol–water partition coefficient (Wildman–Crippen LogP) is 4.90. The van der Waals surface area contributed by atoms with Crippen LogP contribution in [0.1, 0.15) is 52.4 Å². The van der Waals surface area contributed by atoms with E-state index >= 15 is 0 Å². The Bertz CT molecular complexity index is 1200. The lowest BCUT2D eigenvalue weighted by Gasteiger charge is -2.44. The Kier molecular flexibility index (Phi) is 5.73. The van der Waals surface area contributed by atoms with Crippen molar-refractivity contribution >= 4 is 5.91 Å². The third-order valence-corrected chi connectivity index (χ3v) is 7.89. The molecule has 1 spiro atoms. The van der Waals surface area contributed by atoms with Crippen LogP contribution in [0, 0.1) is 5.92 Å². The van der Waals surface area contributed by atoms with Gasteiger partial charge in [-0.05, 0) is 91.7 Å². The SMILES string of the molecule is O=C(c1ccccc1)N1C(Cc2ccc(OCC3CCNC3)cc2)c2ccc(O)cc2CC12CC2. The Morgan fingerprint density at radius 3 is 2.57 bits per heavy atom. The van der Waals surface area contributed by atoms with E-state index in [1.807, 2.05) is 42.5 Å². The number of phenolic OH excluding ortho intramolecular Hbond substituents is 1. The number of carbonyl (C=O) groups is 1. The molecule has 1 saturated heterocycles. The largest absolute Gasteiger partial charge is 0.508 e. The highest BCUT2D eigenvalue weighted by atomic mass is 16.5. The van der Waals surface area contributed by atoms with E-state index in [0.717, 1.165) is 67.8 Å². The summed E-state index contributed by atoms with van der Waals surface area (Å²) in [6, 6.07) is 23.5. The molecule has 2 fully saturated rings. The Morgan fingerprint density at radius 1 is 1.06 bits per heavy atom. The first-order valence-electron chi connectivity index (χ1n) is 12.7. The molecule has 6 rings (SSSR count). The van der Waals surface area contributed by atoms with Crippen LogP contribution in [0.5, 0.6) is 11.5 Å². The first-order valence-corrected chi connectivity index (χ1v) is 12.7. The van der Waals surface area contributed by atoms with E-state index in [-0.39, 0.29) is 17.5 Å². The molecule has 5 heteroatoms. The monoisotopic (exact) mass is 468 g/mol. The molecular weight excluding hydrogens is 436 g/mol. The fourth-order valence-corrected chi connectivity index (χ4v) is 5.84. The van der Waals surface area contributed by atoms with E-state index in [1.54, 1.807) is 6.07 Å². The zero-order chi connectivity index (χ0) is 23.8. The van der Waals surface area contributed by atoms with Gasteiger partial charge in [0.15, 0.2) is 0 Å². The number of nitrogens with zero attached hydrogens (tertiary/aromatic N) is 1. The summed E-state index contributed by atoms with van der Waals surface area (Å²) in [7, 11) is 0. The number of hydrogen-bond acceptors (Lipinski definition) is 4. The van der Waals surface area contributed by atoms with Crippen molar-refractivity contribution in [3.8, 4) is 11.5 Å². The summed E-state index contributed by atoms with van der Waals surface area (Å²) in [5.74, 6) is 1.86. The first kappa shape index (κ1) is 22.2. The molecular formula is C30H32N2O3. The summed E-state index contributed by atoms with van der Waals surface area (Å²) in [6.45, 7) is 2.85. The molecule has 2 unspecified atom stereocenters. The van der Waals surface area contributed by atoms with Gasteiger partial charge in [0.05, 0.1) is 12.6 Å². The molecule has 2 atom stereocenters. The summed E-state index contributed by atoms with van der Waals surface area (Å²) in [4.78, 5) is 16.0. The molecule has 3 aromatic carbocycles. The lowest BCUT2D eigenvalue weighted by molar-refractivity contribution is 0.0486. The predicted molar refractivity (Wildman–Crippen MR) is 136 cm³/mol. The van der Waals surface area contributed by atoms with Crippen LogP contribution >= 0.6 is 0 Å². The average molecular weight is 469 g/mol. The van der Waals surface area contributed by atoms with Crippen LogP contribution in [0.4, 0.5) is 0 Å². The molecule has 2 N–H and O–H groups in total. The van der Waals surface area contributed by atoms with E-state index < -0.39 is 0 Å². The van der Waals surface area contributed by atoms with E-state index in [0.29, 0.717) is 11.7 Å². The molecule has 180 valence electrons. The van der Waals surface area contributed by atoms with Crippen LogP contribution in [0.2, 0.25) is 0 Å². The summed E-state index contributed by atoms with van der Waals surface area (Å²) >= 11 is 0. The van der Waals surface area contributed by atoms with Crippen LogP contribution in [-0.4, -0.2) is 41.1 Å². The highest BCUT2D eigenvalue weighted by Crippen LogP contribution is 2.54. The number of aromatic hydroxyl groups is 1. The van der Waals surface area contributed by atoms with Gasteiger partial charge in [0, 0.05) is 23.6 Å². The minimum atomic E-state index is -0.156. The number of ether oxygens (including phenoxy) is 1. The molecule has 0 bridgehead atoms. The summed E-state index contributed by atoms with van der Waals surface area (Å²) in [5.41, 5.74) is 4.05. The van der Waals surface area contributed by atoms with Gasteiger partial charge in [-0.2, -0.15) is 0 Å². The Hall–Kier alpha value is -3.31. The summed E-state index contributed by atoms with van der Waals surface area (Å²) in [6.07, 6.45) is 4.70. The van der Waals surface area contributed by atoms with Crippen molar-refractivity contribution in [3.05, 3.63) is 95.1 Å². The second kappa shape index (κ2) is 9.04. The quantitative estimate of drug-likeness (QED) is 0.541. The van der Waals surface area contributed by atoms with Gasteiger partial charge >= 0.3 is 0 Å². The Balaban J connectivity index is 1.29. The van der Waals surface area contributed by atoms with Crippen molar-refractivity contribution in [3.63, 3.8) is 0 Å². The van der Waals surface area contributed by atoms with Crippen LogP contribution < -0.4 is 10.1 Å². The maximum absolute atomic E-state index is 13.8. The molecule has 3 aliphatic rings. The number of hydrogen-bond donors (Lipinski definition) is 2. The van der Waals surface area contributed by atoms with Gasteiger partial charge in [-0.3, -0.25) is 4.79 Å². The van der Waals surface area contributed by atoms with Gasteiger partial charge < -0.3 is 20.1 Å². The smallest absolute Gasteiger partial charge is 0.254 e. The van der Waals surface area contributed by atoms with E-state index in [4.69, 9.17) is 4.74 Å². The van der Waals surface area contributed by atoms with Gasteiger partial charge in [0.2, 0.25) is 0 Å². The third kappa shape index (κ3) is 4.41. The number of phenols is 1. The number of benzene rings is 3. The molecule has 1 saturated carbocycles. The number of rotatable bonds is 6. The van der Waals surface area contributed by atoms with Crippen LogP contribution in [0.25, 0.3) is 0 Å². The standard InChI is InChI=1S/C30H32N2O3/c33-25-8-11-27-24(17-25)18-30(13-14-30)32(29(34)23-4-2-1-3-5-23)28(27)16-21-6-9-26(10-7-21)35-20-22-12-15-31-19-22/h1-11,17,22,28,31,33H,12-16,18-20H2. The normalized spacial score (nSPS) is 22.1. The lowest BCUT2D eigenvalue weighted by atomic mass is 9.83. The molecule has 1 amide bonds. The number of nitrogens with one attached hydrogen (secondary N) is 1. The molecule has 2 aliphatic heterocycles. The lowest BCUT2D eigenvalue weighted by Crippen LogP contribution is -2.49. The van der Waals surface area contributed by atoms with Gasteiger partial charge in [0.25, 0.3) is 5.91 Å². The van der Waals surface area contributed by atoms with Crippen molar-refractivity contribution in [1.82, 2.24) is 10.2 Å². The van der Waals surface area contributed by atoms with Crippen molar-refractivity contribution in [2.24, 2.45) is 5.92 Å². The first-order chi connectivity index (χ1) is 17.1. The van der Waals surface area contributed by atoms with Gasteiger partial charge in [-0.15, -0.1) is 0 Å². The topological polar surface area (TPSA) is 61.8 Å². The minimum Gasteiger partial charge on any atom is -0.508 e. The number of fused-ring (bicyclic) bond motifs is 1. The zero-order valence-corrected chi connectivity index (χ0v) is 20.0. The van der Waals surface area contributed by atoms with Crippen LogP contribution in [0.3, 0.4) is 0 Å². The zero-order valence-electron chi connectivity index (χ0n) is 20.0. The average Bonchev–Trinajstić information content (AvgIpc) is 3.42. The van der Waals surface area contributed by atoms with Crippen molar-refractivity contribution in [2.45, 2.75) is 43.7 Å². The summed E-state index contributed by atoms with van der Waals surface area (Å²) < 4.78 is 6.03. The van der Waals surface area contributed by atoms with Crippen molar-refractivity contribution < 1.29 is 14.6 Å². The maximum atomic E-state index is 13.8. The highest BCUT2D eigenvalue weighted by molar-refractivity contribution is 5.95. The molecule has 2 heterocycles. The number of carbonyl (C=O) groups excluding carboxylic acids is 1. The third-order valence-electron chi connectivity index (χ3n) is 7.89. The van der Waals surface area contributed by atoms with E-state index in [1.165, 1.54) is 12.0 Å². The molecule has 5 nitrogen and oxygen atoms in total. The highest BCUT2D eigenvalue weighted by Gasteiger charge is 2.55. The Morgan fingerprint density at radius 2 is 1.86 bits per heavy atom. The molecule has 35 heavy (non-hydrogen) atoms. The minimum absolute atomic E-state index is 0.0779. The molecule has 3 aromatic rings. The van der Waals surface area contributed by atoms with E-state index in [9.17, 15) is 9.90 Å².